The number of hydrogen-bond donors (Lipinski definition) is 0. The smallest absolute Gasteiger partial charge is 0.0775 e. The number of halogens is 1. The average molecular weight is 353 g/mol. The van der Waals surface area contributed by atoms with Gasteiger partial charge in [-0.1, -0.05) is 36.4 Å². The summed E-state index contributed by atoms with van der Waals surface area (Å²) in [5.74, 6) is 0.752. The van der Waals surface area contributed by atoms with Crippen LogP contribution in [0.4, 0.5) is 0 Å². The summed E-state index contributed by atoms with van der Waals surface area (Å²) in [5.41, 5.74) is 0.483. The highest BCUT2D eigenvalue weighted by molar-refractivity contribution is 14.1. The predicted molar refractivity (Wildman–Crippen MR) is 82.9 cm³/mol. The number of alkyl halides is 1. The lowest BCUT2D eigenvalue weighted by Gasteiger charge is -2.57. The molecule has 0 aromatic carbocycles. The first-order valence-corrected chi connectivity index (χ1v) is 8.18. The van der Waals surface area contributed by atoms with Crippen molar-refractivity contribution in [1.82, 2.24) is 4.90 Å². The van der Waals surface area contributed by atoms with Crippen LogP contribution >= 0.6 is 22.6 Å². The third kappa shape index (κ3) is 3.57. The molecule has 1 aliphatic heterocycles. The molecule has 17 heavy (non-hydrogen) atoms. The zero-order valence-electron chi connectivity index (χ0n) is 12.2. The fourth-order valence-electron chi connectivity index (χ4n) is 3.25. The van der Waals surface area contributed by atoms with E-state index < -0.39 is 0 Å². The molecule has 2 nitrogen and oxygen atoms in total. The molecule has 0 radical (unpaired) electrons. The summed E-state index contributed by atoms with van der Waals surface area (Å²) in [4.78, 5) is 2.70. The van der Waals surface area contributed by atoms with E-state index in [1.165, 1.54) is 6.42 Å². The number of hydrogen-bond acceptors (Lipinski definition) is 2. The molecule has 0 aliphatic carbocycles. The van der Waals surface area contributed by atoms with Crippen molar-refractivity contribution >= 4 is 22.6 Å². The van der Waals surface area contributed by atoms with E-state index in [1.807, 2.05) is 0 Å². The fourth-order valence-corrected chi connectivity index (χ4v) is 4.05. The molecule has 0 amide bonds. The Morgan fingerprint density at radius 1 is 1.24 bits per heavy atom. The average Bonchev–Trinajstić information content (AvgIpc) is 2.06. The van der Waals surface area contributed by atoms with E-state index in [0.29, 0.717) is 6.04 Å². The van der Waals surface area contributed by atoms with Crippen molar-refractivity contribution in [2.75, 3.05) is 17.6 Å². The van der Waals surface area contributed by atoms with Gasteiger partial charge in [-0.15, -0.1) is 0 Å². The van der Waals surface area contributed by atoms with Gasteiger partial charge in [0.2, 0.25) is 0 Å². The minimum atomic E-state index is 0.212. The minimum Gasteiger partial charge on any atom is -0.377 e. The maximum Gasteiger partial charge on any atom is 0.0775 e. The van der Waals surface area contributed by atoms with Gasteiger partial charge in [-0.25, -0.2) is 0 Å². The van der Waals surface area contributed by atoms with Crippen LogP contribution in [0.2, 0.25) is 0 Å². The molecule has 1 aliphatic rings. The molecule has 3 heteroatoms. The number of nitrogens with zero attached hydrogens (tertiary/aromatic N) is 1. The summed E-state index contributed by atoms with van der Waals surface area (Å²) in [6.45, 7) is 15.8. The van der Waals surface area contributed by atoms with Crippen molar-refractivity contribution in [3.8, 4) is 0 Å². The van der Waals surface area contributed by atoms with Crippen molar-refractivity contribution in [2.24, 2.45) is 5.92 Å². The van der Waals surface area contributed by atoms with Crippen molar-refractivity contribution in [3.63, 3.8) is 0 Å². The van der Waals surface area contributed by atoms with Crippen LogP contribution in [-0.2, 0) is 4.74 Å². The van der Waals surface area contributed by atoms with Crippen LogP contribution in [0.3, 0.4) is 0 Å². The summed E-state index contributed by atoms with van der Waals surface area (Å²) < 4.78 is 6.67. The first-order valence-electron chi connectivity index (χ1n) is 6.66. The Bertz CT molecular complexity index is 238. The van der Waals surface area contributed by atoms with Gasteiger partial charge in [0.15, 0.2) is 0 Å². The standard InChI is InChI=1S/C14H28INO/c1-11(2)7-12(3)16(13(4,5)6)14(8-15)9-17-10-14/h11-12H,7-10H2,1-6H3. The highest BCUT2D eigenvalue weighted by Gasteiger charge is 2.49. The van der Waals surface area contributed by atoms with Crippen LogP contribution in [0.15, 0.2) is 0 Å². The molecule has 0 N–H and O–H groups in total. The second-order valence-electron chi connectivity index (χ2n) is 6.87. The quantitative estimate of drug-likeness (QED) is 0.552. The molecule has 1 atom stereocenters. The first-order chi connectivity index (χ1) is 7.73. The first kappa shape index (κ1) is 15.7. The Hall–Kier alpha value is 0.650. The van der Waals surface area contributed by atoms with Gasteiger partial charge in [0.05, 0.1) is 18.8 Å². The molecule has 1 saturated heterocycles. The van der Waals surface area contributed by atoms with Gasteiger partial charge in [-0.3, -0.25) is 4.90 Å². The molecule has 0 aromatic rings. The van der Waals surface area contributed by atoms with E-state index in [4.69, 9.17) is 4.74 Å². The second kappa shape index (κ2) is 5.74. The van der Waals surface area contributed by atoms with Crippen LogP contribution in [-0.4, -0.2) is 39.7 Å². The highest BCUT2D eigenvalue weighted by atomic mass is 127. The summed E-state index contributed by atoms with van der Waals surface area (Å²) >= 11 is 2.52. The van der Waals surface area contributed by atoms with Gasteiger partial charge in [0.25, 0.3) is 0 Å². The lowest BCUT2D eigenvalue weighted by atomic mass is 9.87. The maximum absolute atomic E-state index is 5.51. The maximum atomic E-state index is 5.51. The largest absolute Gasteiger partial charge is 0.377 e. The van der Waals surface area contributed by atoms with E-state index in [9.17, 15) is 0 Å². The molecule has 0 bridgehead atoms. The Morgan fingerprint density at radius 2 is 1.76 bits per heavy atom. The zero-order valence-corrected chi connectivity index (χ0v) is 14.4. The fraction of sp³-hybridized carbons (Fsp3) is 1.00. The molecule has 1 rings (SSSR count). The summed E-state index contributed by atoms with van der Waals surface area (Å²) in [6, 6.07) is 0.619. The van der Waals surface area contributed by atoms with Crippen LogP contribution in [0, 0.1) is 5.92 Å². The van der Waals surface area contributed by atoms with Crippen LogP contribution in [0.1, 0.15) is 48.0 Å². The molecule has 102 valence electrons. The Labute approximate surface area is 121 Å². The monoisotopic (exact) mass is 353 g/mol. The van der Waals surface area contributed by atoms with Crippen LogP contribution in [0.25, 0.3) is 0 Å². The van der Waals surface area contributed by atoms with Crippen LogP contribution < -0.4 is 0 Å². The summed E-state index contributed by atoms with van der Waals surface area (Å²) in [7, 11) is 0. The lowest BCUT2D eigenvalue weighted by Crippen LogP contribution is -2.70. The summed E-state index contributed by atoms with van der Waals surface area (Å²) in [5, 5.41) is 0. The Kier molecular flexibility index (Phi) is 5.30. The second-order valence-corrected chi connectivity index (χ2v) is 7.63. The molecule has 1 unspecified atom stereocenters. The zero-order chi connectivity index (χ0) is 13.3. The van der Waals surface area contributed by atoms with Gasteiger partial charge in [-0.05, 0) is 40.0 Å². The van der Waals surface area contributed by atoms with E-state index in [2.05, 4.69) is 69.0 Å². The number of rotatable bonds is 5. The number of ether oxygens (including phenoxy) is 1. The van der Waals surface area contributed by atoms with Gasteiger partial charge < -0.3 is 4.74 Å². The van der Waals surface area contributed by atoms with Crippen molar-refractivity contribution in [1.29, 1.82) is 0 Å². The predicted octanol–water partition coefficient (Wildman–Crippen LogP) is 3.73. The van der Waals surface area contributed by atoms with E-state index in [0.717, 1.165) is 23.6 Å². The molecule has 1 heterocycles. The minimum absolute atomic E-state index is 0.212. The van der Waals surface area contributed by atoms with Crippen molar-refractivity contribution in [3.05, 3.63) is 0 Å². The van der Waals surface area contributed by atoms with Gasteiger partial charge >= 0.3 is 0 Å². The highest BCUT2D eigenvalue weighted by Crippen LogP contribution is 2.36. The topological polar surface area (TPSA) is 12.5 Å². The van der Waals surface area contributed by atoms with E-state index >= 15 is 0 Å². The molecule has 0 spiro atoms. The SMILES string of the molecule is CC(C)CC(C)N(C(C)(C)C)C1(CI)COC1. The Balaban J connectivity index is 2.88. The molecule has 0 saturated carbocycles. The van der Waals surface area contributed by atoms with Gasteiger partial charge in [-0.2, -0.15) is 0 Å². The van der Waals surface area contributed by atoms with Gasteiger partial charge in [0.1, 0.15) is 0 Å². The normalized spacial score (nSPS) is 21.7. The van der Waals surface area contributed by atoms with Crippen molar-refractivity contribution < 1.29 is 4.74 Å². The Morgan fingerprint density at radius 3 is 2.00 bits per heavy atom. The molecular weight excluding hydrogens is 325 g/mol. The van der Waals surface area contributed by atoms with Gasteiger partial charge in [0, 0.05) is 16.0 Å². The lowest BCUT2D eigenvalue weighted by molar-refractivity contribution is -0.168. The molecule has 1 fully saturated rings. The van der Waals surface area contributed by atoms with E-state index in [1.54, 1.807) is 0 Å². The van der Waals surface area contributed by atoms with Crippen molar-refractivity contribution in [2.45, 2.75) is 65.1 Å². The third-order valence-electron chi connectivity index (χ3n) is 3.48. The molecule has 0 aromatic heterocycles. The van der Waals surface area contributed by atoms with E-state index in [-0.39, 0.29) is 11.1 Å². The van der Waals surface area contributed by atoms with Crippen LogP contribution in [0.5, 0.6) is 0 Å². The third-order valence-corrected chi connectivity index (χ3v) is 4.90. The molecular formula is C14H28INO. The summed E-state index contributed by atoms with van der Waals surface area (Å²) in [6.07, 6.45) is 1.26.